The molecule has 7 heteroatoms. The van der Waals surface area contributed by atoms with E-state index in [1.807, 2.05) is 32.0 Å². The molecule has 0 aliphatic carbocycles. The van der Waals surface area contributed by atoms with E-state index in [4.69, 9.17) is 5.73 Å². The van der Waals surface area contributed by atoms with Gasteiger partial charge in [0.1, 0.15) is 12.1 Å². The van der Waals surface area contributed by atoms with Gasteiger partial charge in [-0.25, -0.2) is 0 Å². The van der Waals surface area contributed by atoms with Crippen molar-refractivity contribution in [1.29, 1.82) is 0 Å². The van der Waals surface area contributed by atoms with Crippen molar-refractivity contribution in [3.05, 3.63) is 35.9 Å². The molecule has 1 heterocycles. The van der Waals surface area contributed by atoms with Crippen molar-refractivity contribution in [3.63, 3.8) is 0 Å². The third-order valence-electron chi connectivity index (χ3n) is 3.64. The molecule has 1 aromatic carbocycles. The maximum atomic E-state index is 12.1. The van der Waals surface area contributed by atoms with Crippen LogP contribution in [0.5, 0.6) is 0 Å². The summed E-state index contributed by atoms with van der Waals surface area (Å²) in [6, 6.07) is 7.76. The fraction of sp³-hybridized carbons (Fsp3) is 0.467. The van der Waals surface area contributed by atoms with Crippen molar-refractivity contribution >= 4 is 23.6 Å². The first-order valence-corrected chi connectivity index (χ1v) is 7.94. The fourth-order valence-electron chi connectivity index (χ4n) is 2.44. The summed E-state index contributed by atoms with van der Waals surface area (Å²) in [5, 5.41) is 14.9. The van der Waals surface area contributed by atoms with Crippen LogP contribution in [0, 0.1) is 0 Å². The summed E-state index contributed by atoms with van der Waals surface area (Å²) in [6.07, 6.45) is 0. The number of amides is 1. The van der Waals surface area contributed by atoms with E-state index in [-0.39, 0.29) is 11.3 Å². The molecular weight excluding hydrogens is 302 g/mol. The average molecular weight is 323 g/mol. The Morgan fingerprint density at radius 2 is 2.05 bits per heavy atom. The molecule has 0 bridgehead atoms. The minimum Gasteiger partial charge on any atom is -0.480 e. The van der Waals surface area contributed by atoms with Crippen molar-refractivity contribution < 1.29 is 14.7 Å². The zero-order chi connectivity index (χ0) is 16.3. The predicted molar refractivity (Wildman–Crippen MR) is 86.4 cm³/mol. The second-order valence-corrected chi connectivity index (χ2v) is 7.64. The van der Waals surface area contributed by atoms with Gasteiger partial charge in [-0.15, -0.1) is 11.8 Å². The highest BCUT2D eigenvalue weighted by molar-refractivity contribution is 8.01. The van der Waals surface area contributed by atoms with Gasteiger partial charge in [0.25, 0.3) is 0 Å². The molecule has 1 aliphatic rings. The van der Waals surface area contributed by atoms with Crippen LogP contribution in [0.4, 0.5) is 0 Å². The first kappa shape index (κ1) is 16.8. The number of hydrogen-bond donors (Lipinski definition) is 4. The second-order valence-electron chi connectivity index (χ2n) is 5.78. The van der Waals surface area contributed by atoms with E-state index in [0.717, 1.165) is 5.56 Å². The summed E-state index contributed by atoms with van der Waals surface area (Å²) in [5.74, 6) is -1.16. The van der Waals surface area contributed by atoms with E-state index in [1.54, 1.807) is 12.1 Å². The Balaban J connectivity index is 1.89. The molecule has 2 rings (SSSR count). The molecule has 3 atom stereocenters. The lowest BCUT2D eigenvalue weighted by Gasteiger charge is -2.20. The Bertz CT molecular complexity index is 550. The molecule has 22 heavy (non-hydrogen) atoms. The standard InChI is InChI=1S/C15H21N3O3S/c1-15(2)12(14(20)21)18-10(22-15)8-17-13(19)11(16)9-6-4-3-5-7-9/h3-7,10-12,18H,8,16H2,1-2H3,(H,17,19)(H,20,21)/t10-,11-,12+/m1/s1. The zero-order valence-corrected chi connectivity index (χ0v) is 13.4. The highest BCUT2D eigenvalue weighted by atomic mass is 32.2. The third-order valence-corrected chi connectivity index (χ3v) is 5.07. The van der Waals surface area contributed by atoms with E-state index in [9.17, 15) is 14.7 Å². The highest BCUT2D eigenvalue weighted by Gasteiger charge is 2.45. The summed E-state index contributed by atoms with van der Waals surface area (Å²) in [4.78, 5) is 23.3. The molecule has 120 valence electrons. The molecule has 1 amide bonds. The van der Waals surface area contributed by atoms with Gasteiger partial charge < -0.3 is 16.2 Å². The van der Waals surface area contributed by atoms with Gasteiger partial charge in [0, 0.05) is 11.3 Å². The maximum absolute atomic E-state index is 12.1. The van der Waals surface area contributed by atoms with Crippen LogP contribution in [-0.2, 0) is 9.59 Å². The smallest absolute Gasteiger partial charge is 0.322 e. The number of hydrogen-bond acceptors (Lipinski definition) is 5. The quantitative estimate of drug-likeness (QED) is 0.636. The van der Waals surface area contributed by atoms with E-state index in [0.29, 0.717) is 6.54 Å². The number of carboxylic acid groups (broad SMARTS) is 1. The van der Waals surface area contributed by atoms with Crippen molar-refractivity contribution in [2.24, 2.45) is 5.73 Å². The number of rotatable bonds is 5. The molecule has 0 radical (unpaired) electrons. The lowest BCUT2D eigenvalue weighted by atomic mass is 10.0. The van der Waals surface area contributed by atoms with E-state index >= 15 is 0 Å². The van der Waals surface area contributed by atoms with Gasteiger partial charge in [-0.05, 0) is 19.4 Å². The number of carbonyl (C=O) groups excluding carboxylic acids is 1. The second kappa shape index (κ2) is 6.68. The Hall–Kier alpha value is -1.57. The van der Waals surface area contributed by atoms with Crippen LogP contribution in [-0.4, -0.2) is 39.7 Å². The van der Waals surface area contributed by atoms with Crippen molar-refractivity contribution in [2.45, 2.75) is 36.1 Å². The van der Waals surface area contributed by atoms with Gasteiger partial charge in [0.05, 0.1) is 5.37 Å². The number of carboxylic acids is 1. The minimum absolute atomic E-state index is 0.150. The van der Waals surface area contributed by atoms with Crippen molar-refractivity contribution in [3.8, 4) is 0 Å². The Kier molecular flexibility index (Phi) is 5.10. The number of carbonyl (C=O) groups is 2. The normalized spacial score (nSPS) is 24.7. The Labute approximate surface area is 133 Å². The summed E-state index contributed by atoms with van der Waals surface area (Å²) < 4.78 is -0.428. The number of thioether (sulfide) groups is 1. The molecule has 6 nitrogen and oxygen atoms in total. The fourth-order valence-corrected chi connectivity index (χ4v) is 3.85. The van der Waals surface area contributed by atoms with Crippen molar-refractivity contribution in [2.75, 3.05) is 6.54 Å². The topological polar surface area (TPSA) is 104 Å². The molecule has 1 aliphatic heterocycles. The lowest BCUT2D eigenvalue weighted by molar-refractivity contribution is -0.139. The summed E-state index contributed by atoms with van der Waals surface area (Å²) in [6.45, 7) is 4.08. The van der Waals surface area contributed by atoms with Crippen LogP contribution < -0.4 is 16.4 Å². The van der Waals surface area contributed by atoms with E-state index in [1.165, 1.54) is 11.8 Å². The maximum Gasteiger partial charge on any atom is 0.322 e. The minimum atomic E-state index is -0.882. The Morgan fingerprint density at radius 3 is 2.59 bits per heavy atom. The number of aliphatic carboxylic acids is 1. The SMILES string of the molecule is CC1(C)S[C@H](CNC(=O)[C@H](N)c2ccccc2)N[C@H]1C(=O)O. The number of benzene rings is 1. The molecule has 1 saturated heterocycles. The van der Waals surface area contributed by atoms with Crippen LogP contribution in [0.3, 0.4) is 0 Å². The summed E-state index contributed by atoms with van der Waals surface area (Å²) in [5.41, 5.74) is 6.66. The number of nitrogens with one attached hydrogen (secondary N) is 2. The van der Waals surface area contributed by atoms with Gasteiger partial charge in [0.2, 0.25) is 5.91 Å². The molecule has 0 spiro atoms. The molecule has 0 unspecified atom stereocenters. The highest BCUT2D eigenvalue weighted by Crippen LogP contribution is 2.37. The summed E-state index contributed by atoms with van der Waals surface area (Å²) >= 11 is 1.51. The van der Waals surface area contributed by atoms with Crippen LogP contribution in [0.25, 0.3) is 0 Å². The molecule has 0 saturated carbocycles. The predicted octanol–water partition coefficient (Wildman–Crippen LogP) is 0.697. The van der Waals surface area contributed by atoms with Crippen LogP contribution in [0.1, 0.15) is 25.5 Å². The van der Waals surface area contributed by atoms with Gasteiger partial charge in [-0.3, -0.25) is 14.9 Å². The monoisotopic (exact) mass is 323 g/mol. The van der Waals surface area contributed by atoms with Crippen LogP contribution in [0.15, 0.2) is 30.3 Å². The Morgan fingerprint density at radius 1 is 1.41 bits per heavy atom. The molecule has 0 aromatic heterocycles. The lowest BCUT2D eigenvalue weighted by Crippen LogP contribution is -2.47. The first-order valence-electron chi connectivity index (χ1n) is 7.06. The van der Waals surface area contributed by atoms with Crippen LogP contribution in [0.2, 0.25) is 0 Å². The van der Waals surface area contributed by atoms with Crippen LogP contribution >= 0.6 is 11.8 Å². The first-order chi connectivity index (χ1) is 10.3. The molecule has 5 N–H and O–H groups in total. The molecular formula is C15H21N3O3S. The molecule has 1 aromatic rings. The molecule has 1 fully saturated rings. The van der Waals surface area contributed by atoms with Gasteiger partial charge in [-0.2, -0.15) is 0 Å². The van der Waals surface area contributed by atoms with Gasteiger partial charge in [0.15, 0.2) is 0 Å². The van der Waals surface area contributed by atoms with Gasteiger partial charge >= 0.3 is 5.97 Å². The van der Waals surface area contributed by atoms with E-state index in [2.05, 4.69) is 10.6 Å². The average Bonchev–Trinajstić information content (AvgIpc) is 2.80. The zero-order valence-electron chi connectivity index (χ0n) is 12.6. The third kappa shape index (κ3) is 3.79. The summed E-state index contributed by atoms with van der Waals surface area (Å²) in [7, 11) is 0. The van der Waals surface area contributed by atoms with Gasteiger partial charge in [-0.1, -0.05) is 30.3 Å². The van der Waals surface area contributed by atoms with Crippen molar-refractivity contribution in [1.82, 2.24) is 10.6 Å². The largest absolute Gasteiger partial charge is 0.480 e. The van der Waals surface area contributed by atoms with E-state index < -0.39 is 22.8 Å². The number of nitrogens with two attached hydrogens (primary N) is 1.